The molecule has 0 aliphatic carbocycles. The lowest BCUT2D eigenvalue weighted by Crippen LogP contribution is -2.45. The van der Waals surface area contributed by atoms with Crippen LogP contribution < -0.4 is 5.73 Å². The second kappa shape index (κ2) is 5.94. The maximum absolute atomic E-state index is 13.7. The quantitative estimate of drug-likeness (QED) is 0.864. The number of rotatable bonds is 3. The topological polar surface area (TPSA) is 63.4 Å². The molecule has 1 aromatic carbocycles. The Morgan fingerprint density at radius 1 is 1.24 bits per heavy atom. The number of sulfonamides is 1. The zero-order chi connectivity index (χ0) is 15.8. The lowest BCUT2D eigenvalue weighted by molar-refractivity contribution is 0.242. The summed E-state index contributed by atoms with van der Waals surface area (Å²) >= 11 is 0. The first kappa shape index (κ1) is 16.3. The zero-order valence-corrected chi connectivity index (χ0v) is 12.3. The van der Waals surface area contributed by atoms with Crippen LogP contribution in [0.3, 0.4) is 0 Å². The molecule has 1 aliphatic heterocycles. The van der Waals surface area contributed by atoms with Crippen LogP contribution in [0.15, 0.2) is 17.0 Å². The van der Waals surface area contributed by atoms with Crippen molar-refractivity contribution >= 4 is 10.0 Å². The van der Waals surface area contributed by atoms with E-state index in [0.29, 0.717) is 12.5 Å². The largest absolute Gasteiger partial charge is 0.328 e. The van der Waals surface area contributed by atoms with E-state index < -0.39 is 32.4 Å². The van der Waals surface area contributed by atoms with Crippen molar-refractivity contribution in [3.63, 3.8) is 0 Å². The van der Waals surface area contributed by atoms with E-state index in [2.05, 4.69) is 0 Å². The Balaban J connectivity index is 2.36. The van der Waals surface area contributed by atoms with Gasteiger partial charge in [-0.25, -0.2) is 21.6 Å². The Morgan fingerprint density at radius 2 is 1.86 bits per heavy atom. The summed E-state index contributed by atoms with van der Waals surface area (Å²) in [6.45, 7) is 2.14. The highest BCUT2D eigenvalue weighted by molar-refractivity contribution is 7.89. The first-order valence-corrected chi connectivity index (χ1v) is 8.07. The van der Waals surface area contributed by atoms with Crippen LogP contribution in [0.4, 0.5) is 13.2 Å². The van der Waals surface area contributed by atoms with Crippen LogP contribution in [0.1, 0.15) is 19.8 Å². The van der Waals surface area contributed by atoms with Crippen LogP contribution in [-0.4, -0.2) is 31.9 Å². The molecular formula is C13H17F3N2O2S. The minimum absolute atomic E-state index is 0.0399. The van der Waals surface area contributed by atoms with Gasteiger partial charge in [0.2, 0.25) is 10.0 Å². The molecule has 0 unspecified atom stereocenters. The summed E-state index contributed by atoms with van der Waals surface area (Å²) in [7, 11) is -4.20. The standard InChI is InChI=1S/C13H17F3N2O2S/c1-8(17)9-3-2-4-18(7-9)21(19,20)13-6-11(15)10(14)5-12(13)16/h5-6,8-9H,2-4,7,17H2,1H3/t8-,9-/m0/s1. The van der Waals surface area contributed by atoms with Gasteiger partial charge in [0.25, 0.3) is 0 Å². The molecule has 2 rings (SSSR count). The molecule has 0 aromatic heterocycles. The van der Waals surface area contributed by atoms with Gasteiger partial charge in [0.1, 0.15) is 10.7 Å². The van der Waals surface area contributed by atoms with Crippen molar-refractivity contribution in [1.82, 2.24) is 4.31 Å². The normalized spacial score (nSPS) is 22.2. The number of nitrogens with zero attached hydrogens (tertiary/aromatic N) is 1. The van der Waals surface area contributed by atoms with Crippen molar-refractivity contribution in [2.75, 3.05) is 13.1 Å². The average molecular weight is 322 g/mol. The van der Waals surface area contributed by atoms with Gasteiger partial charge in [0, 0.05) is 25.2 Å². The third-order valence-electron chi connectivity index (χ3n) is 3.76. The molecule has 1 aromatic rings. The highest BCUT2D eigenvalue weighted by Gasteiger charge is 2.33. The third kappa shape index (κ3) is 3.22. The van der Waals surface area contributed by atoms with Crippen molar-refractivity contribution in [2.45, 2.75) is 30.7 Å². The number of piperidine rings is 1. The van der Waals surface area contributed by atoms with E-state index in [-0.39, 0.29) is 31.1 Å². The Hall–Kier alpha value is -1.12. The summed E-state index contributed by atoms with van der Waals surface area (Å²) in [4.78, 5) is -0.841. The predicted molar refractivity (Wildman–Crippen MR) is 71.4 cm³/mol. The predicted octanol–water partition coefficient (Wildman–Crippen LogP) is 1.85. The van der Waals surface area contributed by atoms with Gasteiger partial charge in [-0.05, 0) is 31.7 Å². The fraction of sp³-hybridized carbons (Fsp3) is 0.538. The molecule has 1 fully saturated rings. The van der Waals surface area contributed by atoms with E-state index in [1.165, 1.54) is 0 Å². The van der Waals surface area contributed by atoms with E-state index in [1.54, 1.807) is 6.92 Å². The third-order valence-corrected chi connectivity index (χ3v) is 5.64. The van der Waals surface area contributed by atoms with E-state index >= 15 is 0 Å². The van der Waals surface area contributed by atoms with E-state index in [4.69, 9.17) is 5.73 Å². The highest BCUT2D eigenvalue weighted by atomic mass is 32.2. The van der Waals surface area contributed by atoms with Crippen molar-refractivity contribution in [3.8, 4) is 0 Å². The lowest BCUT2D eigenvalue weighted by Gasteiger charge is -2.33. The number of nitrogens with two attached hydrogens (primary N) is 1. The number of benzene rings is 1. The van der Waals surface area contributed by atoms with Gasteiger partial charge in [-0.15, -0.1) is 0 Å². The Morgan fingerprint density at radius 3 is 2.48 bits per heavy atom. The Bertz CT molecular complexity index is 635. The van der Waals surface area contributed by atoms with Crippen LogP contribution in [0.25, 0.3) is 0 Å². The Labute approximate surface area is 121 Å². The van der Waals surface area contributed by atoms with Crippen molar-refractivity contribution < 1.29 is 21.6 Å². The van der Waals surface area contributed by atoms with E-state index in [1.807, 2.05) is 0 Å². The molecule has 0 saturated carbocycles. The molecule has 2 atom stereocenters. The first-order valence-electron chi connectivity index (χ1n) is 6.63. The maximum atomic E-state index is 13.7. The minimum atomic E-state index is -4.20. The summed E-state index contributed by atoms with van der Waals surface area (Å²) in [5.41, 5.74) is 5.78. The first-order chi connectivity index (χ1) is 9.73. The molecule has 1 saturated heterocycles. The van der Waals surface area contributed by atoms with Gasteiger partial charge in [-0.1, -0.05) is 0 Å². The summed E-state index contributed by atoms with van der Waals surface area (Å²) in [6.07, 6.45) is 1.38. The second-order valence-electron chi connectivity index (χ2n) is 5.32. The van der Waals surface area contributed by atoms with Gasteiger partial charge in [0.15, 0.2) is 11.6 Å². The molecule has 1 aliphatic rings. The Kier molecular flexibility index (Phi) is 4.60. The molecular weight excluding hydrogens is 305 g/mol. The van der Waals surface area contributed by atoms with Crippen LogP contribution in [0.2, 0.25) is 0 Å². The van der Waals surface area contributed by atoms with Crippen LogP contribution in [0.5, 0.6) is 0 Å². The maximum Gasteiger partial charge on any atom is 0.246 e. The number of halogens is 3. The van der Waals surface area contributed by atoms with E-state index in [9.17, 15) is 21.6 Å². The summed E-state index contributed by atoms with van der Waals surface area (Å²) in [5.74, 6) is -4.15. The van der Waals surface area contributed by atoms with Crippen molar-refractivity contribution in [1.29, 1.82) is 0 Å². The summed E-state index contributed by atoms with van der Waals surface area (Å²) < 4.78 is 65.7. The zero-order valence-electron chi connectivity index (χ0n) is 11.5. The molecule has 21 heavy (non-hydrogen) atoms. The second-order valence-corrected chi connectivity index (χ2v) is 7.23. The van der Waals surface area contributed by atoms with Gasteiger partial charge >= 0.3 is 0 Å². The fourth-order valence-electron chi connectivity index (χ4n) is 2.46. The van der Waals surface area contributed by atoms with Crippen LogP contribution in [0, 0.1) is 23.4 Å². The van der Waals surface area contributed by atoms with Crippen LogP contribution in [-0.2, 0) is 10.0 Å². The van der Waals surface area contributed by atoms with Gasteiger partial charge in [-0.2, -0.15) is 4.31 Å². The van der Waals surface area contributed by atoms with Gasteiger partial charge in [0.05, 0.1) is 0 Å². The molecule has 0 spiro atoms. The molecule has 2 N–H and O–H groups in total. The fourth-order valence-corrected chi connectivity index (χ4v) is 4.06. The average Bonchev–Trinajstić information content (AvgIpc) is 2.42. The summed E-state index contributed by atoms with van der Waals surface area (Å²) in [5, 5.41) is 0. The number of hydrogen-bond acceptors (Lipinski definition) is 3. The molecule has 0 radical (unpaired) electrons. The van der Waals surface area contributed by atoms with Crippen molar-refractivity contribution in [2.24, 2.45) is 11.7 Å². The van der Waals surface area contributed by atoms with Gasteiger partial charge in [-0.3, -0.25) is 0 Å². The molecule has 0 amide bonds. The highest BCUT2D eigenvalue weighted by Crippen LogP contribution is 2.27. The molecule has 1 heterocycles. The van der Waals surface area contributed by atoms with E-state index in [0.717, 1.165) is 10.7 Å². The molecule has 118 valence electrons. The lowest BCUT2D eigenvalue weighted by atomic mass is 9.93. The van der Waals surface area contributed by atoms with Gasteiger partial charge < -0.3 is 5.73 Å². The molecule has 8 heteroatoms. The minimum Gasteiger partial charge on any atom is -0.328 e. The monoisotopic (exact) mass is 322 g/mol. The smallest absolute Gasteiger partial charge is 0.246 e. The number of hydrogen-bond donors (Lipinski definition) is 1. The molecule has 0 bridgehead atoms. The van der Waals surface area contributed by atoms with Crippen LogP contribution >= 0.6 is 0 Å². The molecule has 4 nitrogen and oxygen atoms in total. The summed E-state index contributed by atoms with van der Waals surface area (Å²) in [6, 6.07) is 0.433. The SMILES string of the molecule is C[C@H](N)[C@H]1CCCN(S(=O)(=O)c2cc(F)c(F)cc2F)C1. The van der Waals surface area contributed by atoms with Crippen molar-refractivity contribution in [3.05, 3.63) is 29.6 Å².